The summed E-state index contributed by atoms with van der Waals surface area (Å²) in [6, 6.07) is 0. The van der Waals surface area contributed by atoms with Gasteiger partial charge in [0.05, 0.1) is 0 Å². The van der Waals surface area contributed by atoms with Gasteiger partial charge in [-0.05, 0) is 0 Å². The molecule has 0 aliphatic carbocycles. The predicted octanol–water partition coefficient (Wildman–Crippen LogP) is 2.34. The third kappa shape index (κ3) is 33.6. The Morgan fingerprint density at radius 2 is 1.15 bits per heavy atom. The summed E-state index contributed by atoms with van der Waals surface area (Å²) in [4.78, 5) is 9.00. The SMILES string of the molecule is CC(=O)O.C[Si](C)(C)N[Si](C)(C)C. The van der Waals surface area contributed by atoms with E-state index in [1.54, 1.807) is 0 Å². The summed E-state index contributed by atoms with van der Waals surface area (Å²) in [5.41, 5.74) is 0. The Labute approximate surface area is 83.7 Å². The summed E-state index contributed by atoms with van der Waals surface area (Å²) < 4.78 is 3.74. The first-order chi connectivity index (χ1) is 5.44. The number of carbonyl (C=O) groups is 1. The summed E-state index contributed by atoms with van der Waals surface area (Å²) in [7, 11) is -1.96. The third-order valence-electron chi connectivity index (χ3n) is 0.750. The van der Waals surface area contributed by atoms with Gasteiger partial charge in [-0.2, -0.15) is 0 Å². The molecule has 0 aromatic carbocycles. The molecule has 5 heteroatoms. The summed E-state index contributed by atoms with van der Waals surface area (Å²) in [5, 5.41) is 7.42. The van der Waals surface area contributed by atoms with Gasteiger partial charge in [0.2, 0.25) is 0 Å². The minimum atomic E-state index is -0.981. The van der Waals surface area contributed by atoms with Crippen LogP contribution in [-0.2, 0) is 4.79 Å². The molecule has 13 heavy (non-hydrogen) atoms. The van der Waals surface area contributed by atoms with Crippen molar-refractivity contribution in [2.75, 3.05) is 0 Å². The van der Waals surface area contributed by atoms with Crippen LogP contribution >= 0.6 is 0 Å². The fourth-order valence-corrected chi connectivity index (χ4v) is 10.1. The van der Waals surface area contributed by atoms with E-state index >= 15 is 0 Å². The highest BCUT2D eigenvalue weighted by Gasteiger charge is 2.22. The molecular formula is C8H23NO2Si2. The van der Waals surface area contributed by atoms with Crippen molar-refractivity contribution in [1.82, 2.24) is 4.65 Å². The molecule has 0 aromatic heterocycles. The zero-order chi connectivity index (χ0) is 11.3. The van der Waals surface area contributed by atoms with Gasteiger partial charge in [-0.25, -0.2) is 0 Å². The van der Waals surface area contributed by atoms with Gasteiger partial charge in [-0.1, -0.05) is 39.3 Å². The van der Waals surface area contributed by atoms with Gasteiger partial charge in [-0.3, -0.25) is 4.79 Å². The number of nitrogens with one attached hydrogen (secondary N) is 1. The van der Waals surface area contributed by atoms with Gasteiger partial charge in [0, 0.05) is 6.92 Å². The first kappa shape index (κ1) is 15.3. The van der Waals surface area contributed by atoms with Crippen molar-refractivity contribution in [3.8, 4) is 0 Å². The normalized spacial score (nSPS) is 11.6. The summed E-state index contributed by atoms with van der Waals surface area (Å²) >= 11 is 0. The second kappa shape index (κ2) is 5.56. The molecule has 0 aliphatic rings. The van der Waals surface area contributed by atoms with Crippen LogP contribution in [0.4, 0.5) is 0 Å². The average molecular weight is 221 g/mol. The highest BCUT2D eigenvalue weighted by molar-refractivity contribution is 6.90. The molecule has 0 unspecified atom stereocenters. The second-order valence-electron chi connectivity index (χ2n) is 5.14. The molecular weight excluding hydrogens is 198 g/mol. The van der Waals surface area contributed by atoms with Crippen LogP contribution in [0.2, 0.25) is 39.3 Å². The van der Waals surface area contributed by atoms with Gasteiger partial charge < -0.3 is 9.75 Å². The predicted molar refractivity (Wildman–Crippen MR) is 63.1 cm³/mol. The van der Waals surface area contributed by atoms with E-state index in [4.69, 9.17) is 9.90 Å². The van der Waals surface area contributed by atoms with Crippen molar-refractivity contribution in [3.63, 3.8) is 0 Å². The second-order valence-corrected chi connectivity index (χ2v) is 15.1. The van der Waals surface area contributed by atoms with E-state index < -0.39 is 22.4 Å². The standard InChI is InChI=1S/C6H19NSi2.C2H4O2/c1-8(2,3)7-9(4,5)6;1-2(3)4/h7H,1-6H3;1H3,(H,3,4). The van der Waals surface area contributed by atoms with Crippen molar-refractivity contribution < 1.29 is 9.90 Å². The molecule has 0 rings (SSSR count). The molecule has 0 saturated heterocycles. The van der Waals surface area contributed by atoms with E-state index in [-0.39, 0.29) is 0 Å². The average Bonchev–Trinajstić information content (AvgIpc) is 1.47. The van der Waals surface area contributed by atoms with Crippen LogP contribution in [-0.4, -0.2) is 27.5 Å². The molecule has 2 N–H and O–H groups in total. The van der Waals surface area contributed by atoms with Crippen molar-refractivity contribution in [2.45, 2.75) is 46.2 Å². The molecule has 80 valence electrons. The topological polar surface area (TPSA) is 49.3 Å². The molecule has 0 fully saturated rings. The van der Waals surface area contributed by atoms with E-state index in [0.717, 1.165) is 6.92 Å². The van der Waals surface area contributed by atoms with Crippen LogP contribution in [0, 0.1) is 0 Å². The molecule has 0 bridgehead atoms. The molecule has 0 spiro atoms. The maximum Gasteiger partial charge on any atom is 0.300 e. The lowest BCUT2D eigenvalue weighted by Gasteiger charge is -2.28. The molecule has 0 amide bonds. The summed E-state index contributed by atoms with van der Waals surface area (Å²) in [5.74, 6) is -0.833. The van der Waals surface area contributed by atoms with Crippen LogP contribution in [0.1, 0.15) is 6.92 Å². The van der Waals surface area contributed by atoms with E-state index in [1.807, 2.05) is 0 Å². The number of carboxylic acid groups (broad SMARTS) is 1. The number of rotatable bonds is 2. The fraction of sp³-hybridized carbons (Fsp3) is 0.875. The van der Waals surface area contributed by atoms with Crippen LogP contribution in [0.3, 0.4) is 0 Å². The van der Waals surface area contributed by atoms with E-state index in [1.165, 1.54) is 0 Å². The Morgan fingerprint density at radius 3 is 1.15 bits per heavy atom. The van der Waals surface area contributed by atoms with Gasteiger partial charge in [0.15, 0.2) is 0 Å². The summed E-state index contributed by atoms with van der Waals surface area (Å²) in [6.45, 7) is 15.2. The fourth-order valence-electron chi connectivity index (χ4n) is 1.12. The van der Waals surface area contributed by atoms with Gasteiger partial charge in [0.1, 0.15) is 16.5 Å². The van der Waals surface area contributed by atoms with E-state index in [9.17, 15) is 0 Å². The maximum atomic E-state index is 9.00. The molecule has 0 radical (unpaired) electrons. The Balaban J connectivity index is 0. The Bertz CT molecular complexity index is 143. The molecule has 0 aliphatic heterocycles. The molecule has 0 aromatic rings. The lowest BCUT2D eigenvalue weighted by atomic mass is 10.9. The quantitative estimate of drug-likeness (QED) is 0.704. The Kier molecular flexibility index (Phi) is 6.57. The van der Waals surface area contributed by atoms with Crippen molar-refractivity contribution in [3.05, 3.63) is 0 Å². The van der Waals surface area contributed by atoms with Gasteiger partial charge in [0.25, 0.3) is 5.97 Å². The lowest BCUT2D eigenvalue weighted by Crippen LogP contribution is -2.55. The first-order valence-electron chi connectivity index (χ1n) is 4.43. The number of hydrogen-bond donors (Lipinski definition) is 2. The van der Waals surface area contributed by atoms with Crippen LogP contribution < -0.4 is 4.65 Å². The molecule has 3 nitrogen and oxygen atoms in total. The van der Waals surface area contributed by atoms with Crippen molar-refractivity contribution >= 4 is 22.4 Å². The zero-order valence-electron chi connectivity index (χ0n) is 9.86. The van der Waals surface area contributed by atoms with Crippen LogP contribution in [0.15, 0.2) is 0 Å². The highest BCUT2D eigenvalue weighted by Crippen LogP contribution is 2.02. The first-order valence-corrected chi connectivity index (χ1v) is 11.4. The van der Waals surface area contributed by atoms with Crippen LogP contribution in [0.5, 0.6) is 0 Å². The minimum absolute atomic E-state index is 0.833. The molecule has 0 atom stereocenters. The maximum absolute atomic E-state index is 9.00. The number of hydrogen-bond acceptors (Lipinski definition) is 2. The number of aliphatic carboxylic acids is 1. The Hall–Kier alpha value is -0.136. The third-order valence-corrected chi connectivity index (χ3v) is 6.75. The van der Waals surface area contributed by atoms with E-state index in [2.05, 4.69) is 43.9 Å². The highest BCUT2D eigenvalue weighted by atomic mass is 28.4. The smallest absolute Gasteiger partial charge is 0.300 e. The van der Waals surface area contributed by atoms with E-state index in [0.29, 0.717) is 0 Å². The lowest BCUT2D eigenvalue weighted by molar-refractivity contribution is -0.134. The van der Waals surface area contributed by atoms with Gasteiger partial charge in [-0.15, -0.1) is 0 Å². The monoisotopic (exact) mass is 221 g/mol. The van der Waals surface area contributed by atoms with Crippen LogP contribution in [0.25, 0.3) is 0 Å². The molecule has 0 heterocycles. The largest absolute Gasteiger partial charge is 0.481 e. The van der Waals surface area contributed by atoms with Gasteiger partial charge >= 0.3 is 0 Å². The van der Waals surface area contributed by atoms with Crippen molar-refractivity contribution in [1.29, 1.82) is 0 Å². The Morgan fingerprint density at radius 1 is 1.00 bits per heavy atom. The summed E-state index contributed by atoms with van der Waals surface area (Å²) in [6.07, 6.45) is 0. The molecule has 0 saturated carbocycles. The number of carboxylic acids is 1. The van der Waals surface area contributed by atoms with Crippen molar-refractivity contribution in [2.24, 2.45) is 0 Å². The minimum Gasteiger partial charge on any atom is -0.481 e. The zero-order valence-corrected chi connectivity index (χ0v) is 11.9.